The Hall–Kier alpha value is -0.830. The van der Waals surface area contributed by atoms with E-state index in [0.29, 0.717) is 18.4 Å². The number of thioether (sulfide) groups is 1. The summed E-state index contributed by atoms with van der Waals surface area (Å²) in [6.07, 6.45) is 0. The van der Waals surface area contributed by atoms with Crippen molar-refractivity contribution in [2.75, 3.05) is 24.1 Å². The second-order valence-corrected chi connectivity index (χ2v) is 6.05. The van der Waals surface area contributed by atoms with Crippen LogP contribution in [-0.4, -0.2) is 24.1 Å². The van der Waals surface area contributed by atoms with Crippen molar-refractivity contribution in [3.63, 3.8) is 0 Å². The van der Waals surface area contributed by atoms with Gasteiger partial charge in [-0.25, -0.2) is 0 Å². The largest absolute Gasteiger partial charge is 0.492 e. The molecule has 0 atom stereocenters. The summed E-state index contributed by atoms with van der Waals surface area (Å²) in [5, 5.41) is 0. The first-order valence-corrected chi connectivity index (χ1v) is 8.47. The highest BCUT2D eigenvalue weighted by atomic mass is 35.5. The zero-order valence-corrected chi connectivity index (χ0v) is 13.3. The molecule has 0 aromatic heterocycles. The highest BCUT2D eigenvalue weighted by molar-refractivity contribution is 7.99. The molecule has 2 rings (SSSR count). The molecule has 0 unspecified atom stereocenters. The van der Waals surface area contributed by atoms with Gasteiger partial charge < -0.3 is 4.74 Å². The van der Waals surface area contributed by atoms with Crippen molar-refractivity contribution in [2.45, 2.75) is 4.90 Å². The normalized spacial score (nSPS) is 10.5. The Labute approximate surface area is 134 Å². The monoisotopic (exact) mass is 326 g/mol. The van der Waals surface area contributed by atoms with Crippen LogP contribution in [-0.2, 0) is 0 Å². The Balaban J connectivity index is 2.03. The maximum atomic E-state index is 5.69. The van der Waals surface area contributed by atoms with Crippen LogP contribution in [0.3, 0.4) is 0 Å². The third kappa shape index (κ3) is 4.62. The van der Waals surface area contributed by atoms with Crippen LogP contribution < -0.4 is 4.74 Å². The number of halogens is 2. The Morgan fingerprint density at radius 2 is 1.40 bits per heavy atom. The number of alkyl halides is 2. The van der Waals surface area contributed by atoms with Crippen LogP contribution in [0.15, 0.2) is 53.4 Å². The molecule has 0 amide bonds. The van der Waals surface area contributed by atoms with Gasteiger partial charge in [0, 0.05) is 16.5 Å². The molecule has 0 N–H and O–H groups in total. The summed E-state index contributed by atoms with van der Waals surface area (Å²) in [4.78, 5) is 1.25. The predicted molar refractivity (Wildman–Crippen MR) is 89.5 cm³/mol. The molecule has 1 nitrogen and oxygen atoms in total. The molecule has 0 aliphatic heterocycles. The lowest BCUT2D eigenvalue weighted by atomic mass is 10.1. The maximum Gasteiger partial charge on any atom is 0.119 e. The van der Waals surface area contributed by atoms with E-state index in [1.54, 1.807) is 11.8 Å². The van der Waals surface area contributed by atoms with Crippen molar-refractivity contribution >= 4 is 35.0 Å². The van der Waals surface area contributed by atoms with Crippen molar-refractivity contribution in [1.29, 1.82) is 0 Å². The molecule has 20 heavy (non-hydrogen) atoms. The second-order valence-electron chi connectivity index (χ2n) is 4.12. The number of hydrogen-bond donors (Lipinski definition) is 0. The summed E-state index contributed by atoms with van der Waals surface area (Å²) in [6, 6.07) is 16.6. The minimum Gasteiger partial charge on any atom is -0.492 e. The third-order valence-corrected chi connectivity index (χ3v) is 4.31. The van der Waals surface area contributed by atoms with E-state index in [2.05, 4.69) is 36.4 Å². The molecular weight excluding hydrogens is 311 g/mol. The molecule has 0 saturated carbocycles. The first-order valence-electron chi connectivity index (χ1n) is 6.41. The Morgan fingerprint density at radius 3 is 1.95 bits per heavy atom. The minimum atomic E-state index is 0.503. The van der Waals surface area contributed by atoms with E-state index in [1.165, 1.54) is 16.0 Å². The van der Waals surface area contributed by atoms with E-state index in [-0.39, 0.29) is 0 Å². The fourth-order valence-electron chi connectivity index (χ4n) is 1.80. The molecule has 4 heteroatoms. The van der Waals surface area contributed by atoms with Crippen molar-refractivity contribution in [1.82, 2.24) is 0 Å². The van der Waals surface area contributed by atoms with Crippen molar-refractivity contribution < 1.29 is 4.74 Å². The van der Waals surface area contributed by atoms with Gasteiger partial charge >= 0.3 is 0 Å². The summed E-state index contributed by atoms with van der Waals surface area (Å²) in [5.41, 5.74) is 2.38. The van der Waals surface area contributed by atoms with Crippen LogP contribution in [0.5, 0.6) is 5.75 Å². The lowest BCUT2D eigenvalue weighted by molar-refractivity contribution is 0.343. The van der Waals surface area contributed by atoms with Gasteiger partial charge in [0.15, 0.2) is 0 Å². The standard InChI is InChI=1S/C16H16Cl2OS/c17-9-11-19-15-5-1-13(2-6-15)14-3-7-16(8-4-14)20-12-10-18/h1-8H,9-12H2. The summed E-state index contributed by atoms with van der Waals surface area (Å²) in [7, 11) is 0. The smallest absolute Gasteiger partial charge is 0.119 e. The van der Waals surface area contributed by atoms with Crippen LogP contribution in [0.25, 0.3) is 11.1 Å². The van der Waals surface area contributed by atoms with Gasteiger partial charge in [-0.05, 0) is 35.4 Å². The zero-order chi connectivity index (χ0) is 14.2. The SMILES string of the molecule is ClCCOc1ccc(-c2ccc(SCCCl)cc2)cc1. The fourth-order valence-corrected chi connectivity index (χ4v) is 2.75. The molecular formula is C16H16Cl2OS. The predicted octanol–water partition coefficient (Wildman–Crippen LogP) is 5.30. The first kappa shape index (κ1) is 15.6. The molecule has 0 radical (unpaired) electrons. The Morgan fingerprint density at radius 1 is 0.800 bits per heavy atom. The number of hydrogen-bond acceptors (Lipinski definition) is 2. The van der Waals surface area contributed by atoms with E-state index >= 15 is 0 Å². The number of benzene rings is 2. The van der Waals surface area contributed by atoms with Crippen molar-refractivity contribution in [2.24, 2.45) is 0 Å². The molecule has 106 valence electrons. The van der Waals surface area contributed by atoms with Crippen LogP contribution in [0, 0.1) is 0 Å². The van der Waals surface area contributed by atoms with Crippen molar-refractivity contribution in [3.05, 3.63) is 48.5 Å². The van der Waals surface area contributed by atoms with Gasteiger partial charge in [-0.2, -0.15) is 0 Å². The zero-order valence-electron chi connectivity index (χ0n) is 11.0. The molecule has 0 aliphatic carbocycles. The number of ether oxygens (including phenoxy) is 1. The quantitative estimate of drug-likeness (QED) is 0.504. The third-order valence-electron chi connectivity index (χ3n) is 2.73. The van der Waals surface area contributed by atoms with E-state index in [4.69, 9.17) is 27.9 Å². The van der Waals surface area contributed by atoms with Gasteiger partial charge in [-0.3, -0.25) is 0 Å². The van der Waals surface area contributed by atoms with Gasteiger partial charge in [-0.1, -0.05) is 24.3 Å². The molecule has 0 saturated heterocycles. The number of rotatable bonds is 7. The molecule has 0 aliphatic rings. The average molecular weight is 327 g/mol. The van der Waals surface area contributed by atoms with Gasteiger partial charge in [0.05, 0.1) is 5.88 Å². The van der Waals surface area contributed by atoms with E-state index in [0.717, 1.165) is 11.5 Å². The van der Waals surface area contributed by atoms with Crippen LogP contribution >= 0.6 is 35.0 Å². The summed E-state index contributed by atoms with van der Waals surface area (Å²) >= 11 is 13.1. The summed E-state index contributed by atoms with van der Waals surface area (Å²) in [5.74, 6) is 2.97. The first-order chi connectivity index (χ1) is 9.83. The van der Waals surface area contributed by atoms with Gasteiger partial charge in [0.2, 0.25) is 0 Å². The molecule has 2 aromatic carbocycles. The molecule has 2 aromatic rings. The highest BCUT2D eigenvalue weighted by Gasteiger charge is 2.00. The summed E-state index contributed by atoms with van der Waals surface area (Å²) in [6.45, 7) is 0.535. The molecule has 0 spiro atoms. The van der Waals surface area contributed by atoms with Gasteiger partial charge in [0.1, 0.15) is 12.4 Å². The topological polar surface area (TPSA) is 9.23 Å². The molecule has 0 heterocycles. The van der Waals surface area contributed by atoms with Crippen LogP contribution in [0.1, 0.15) is 0 Å². The molecule has 0 bridgehead atoms. The minimum absolute atomic E-state index is 0.503. The van der Waals surface area contributed by atoms with E-state index in [1.807, 2.05) is 12.1 Å². The van der Waals surface area contributed by atoms with Crippen LogP contribution in [0.2, 0.25) is 0 Å². The average Bonchev–Trinajstić information content (AvgIpc) is 2.52. The fraction of sp³-hybridized carbons (Fsp3) is 0.250. The molecule has 0 fully saturated rings. The lowest BCUT2D eigenvalue weighted by Gasteiger charge is -2.07. The van der Waals surface area contributed by atoms with Crippen LogP contribution in [0.4, 0.5) is 0 Å². The van der Waals surface area contributed by atoms with E-state index < -0.39 is 0 Å². The van der Waals surface area contributed by atoms with Gasteiger partial charge in [-0.15, -0.1) is 35.0 Å². The van der Waals surface area contributed by atoms with E-state index in [9.17, 15) is 0 Å². The maximum absolute atomic E-state index is 5.69. The Bertz CT molecular complexity index is 462. The Kier molecular flexibility index (Phi) is 6.58. The lowest BCUT2D eigenvalue weighted by Crippen LogP contribution is -1.97. The second kappa shape index (κ2) is 8.46. The highest BCUT2D eigenvalue weighted by Crippen LogP contribution is 2.25. The summed E-state index contributed by atoms with van der Waals surface area (Å²) < 4.78 is 5.46. The van der Waals surface area contributed by atoms with Gasteiger partial charge in [0.25, 0.3) is 0 Å². The van der Waals surface area contributed by atoms with Crippen molar-refractivity contribution in [3.8, 4) is 16.9 Å².